The van der Waals surface area contributed by atoms with E-state index in [0.717, 1.165) is 0 Å². The second-order valence-corrected chi connectivity index (χ2v) is 7.86. The summed E-state index contributed by atoms with van der Waals surface area (Å²) in [6.07, 6.45) is -0.641. The van der Waals surface area contributed by atoms with Gasteiger partial charge in [-0.25, -0.2) is 0 Å². The number of aliphatic hydroxyl groups is 2. The van der Waals surface area contributed by atoms with Crippen LogP contribution in [0.4, 0.5) is 0 Å². The number of carbonyl (C=O) groups excluding carboxylic acids is 4. The van der Waals surface area contributed by atoms with Crippen molar-refractivity contribution in [3.63, 3.8) is 0 Å². The van der Waals surface area contributed by atoms with E-state index in [-0.39, 0.29) is 12.5 Å². The average Bonchev–Trinajstić information content (AvgIpc) is 3.32. The highest BCUT2D eigenvalue weighted by atomic mass is 16.3. The van der Waals surface area contributed by atoms with E-state index in [1.54, 1.807) is 0 Å². The van der Waals surface area contributed by atoms with E-state index in [4.69, 9.17) is 11.5 Å². The SMILES string of the molecule is C[C@@H](O)[C@H](N)C(=O)N1CC[C@@H](C(=O)N2CCC[C@@H]2C(=O)N[C@H](C(N)=O)[C@@H](C)O)C1. The zero-order valence-corrected chi connectivity index (χ0v) is 16.8. The van der Waals surface area contributed by atoms with Gasteiger partial charge in [-0.15, -0.1) is 0 Å². The predicted octanol–water partition coefficient (Wildman–Crippen LogP) is -3.12. The monoisotopic (exact) mass is 413 g/mol. The van der Waals surface area contributed by atoms with Crippen LogP contribution in [0.15, 0.2) is 0 Å². The Bertz CT molecular complexity index is 655. The van der Waals surface area contributed by atoms with Crippen LogP contribution in [-0.2, 0) is 19.2 Å². The maximum Gasteiger partial charge on any atom is 0.243 e. The Morgan fingerprint density at radius 3 is 2.28 bits per heavy atom. The summed E-state index contributed by atoms with van der Waals surface area (Å²) < 4.78 is 0. The van der Waals surface area contributed by atoms with Crippen molar-refractivity contribution in [2.24, 2.45) is 17.4 Å². The van der Waals surface area contributed by atoms with Gasteiger partial charge >= 0.3 is 0 Å². The molecule has 2 fully saturated rings. The number of amides is 4. The lowest BCUT2D eigenvalue weighted by atomic mass is 10.1. The Kier molecular flexibility index (Phi) is 7.55. The summed E-state index contributed by atoms with van der Waals surface area (Å²) in [5, 5.41) is 21.5. The lowest BCUT2D eigenvalue weighted by Crippen LogP contribution is -2.56. The Morgan fingerprint density at radius 1 is 1.07 bits per heavy atom. The van der Waals surface area contributed by atoms with Crippen molar-refractivity contribution in [3.05, 3.63) is 0 Å². The molecule has 7 N–H and O–H groups in total. The van der Waals surface area contributed by atoms with Gasteiger partial charge in [0.2, 0.25) is 23.6 Å². The Balaban J connectivity index is 2.00. The molecule has 0 aliphatic carbocycles. The van der Waals surface area contributed by atoms with Crippen LogP contribution in [0.1, 0.15) is 33.1 Å². The van der Waals surface area contributed by atoms with Gasteiger partial charge in [0.05, 0.1) is 18.1 Å². The second kappa shape index (κ2) is 9.51. The molecule has 2 rings (SSSR count). The molecule has 0 saturated carbocycles. The minimum Gasteiger partial charge on any atom is -0.391 e. The molecular formula is C18H31N5O6. The fourth-order valence-corrected chi connectivity index (χ4v) is 3.80. The lowest BCUT2D eigenvalue weighted by Gasteiger charge is -2.28. The Morgan fingerprint density at radius 2 is 1.72 bits per heavy atom. The first-order chi connectivity index (χ1) is 13.5. The third-order valence-corrected chi connectivity index (χ3v) is 5.58. The van der Waals surface area contributed by atoms with Gasteiger partial charge in [-0.1, -0.05) is 0 Å². The number of hydrogen-bond donors (Lipinski definition) is 5. The summed E-state index contributed by atoms with van der Waals surface area (Å²) in [5.74, 6) is -2.51. The van der Waals surface area contributed by atoms with Crippen LogP contribution in [0.3, 0.4) is 0 Å². The molecule has 4 amide bonds. The van der Waals surface area contributed by atoms with Crippen LogP contribution in [0.2, 0.25) is 0 Å². The Labute approximate surface area is 169 Å². The average molecular weight is 413 g/mol. The molecule has 2 heterocycles. The third kappa shape index (κ3) is 5.22. The van der Waals surface area contributed by atoms with Crippen molar-refractivity contribution in [2.45, 2.75) is 63.4 Å². The highest BCUT2D eigenvalue weighted by Crippen LogP contribution is 2.25. The number of likely N-dealkylation sites (tertiary alicyclic amines) is 2. The zero-order chi connectivity index (χ0) is 21.9. The van der Waals surface area contributed by atoms with Crippen molar-refractivity contribution in [1.29, 1.82) is 0 Å². The molecular weight excluding hydrogens is 382 g/mol. The van der Waals surface area contributed by atoms with Crippen molar-refractivity contribution >= 4 is 23.6 Å². The van der Waals surface area contributed by atoms with E-state index >= 15 is 0 Å². The summed E-state index contributed by atoms with van der Waals surface area (Å²) in [4.78, 5) is 52.2. The minimum atomic E-state index is -1.23. The molecule has 0 aromatic rings. The van der Waals surface area contributed by atoms with Gasteiger partial charge in [0.25, 0.3) is 0 Å². The Hall–Kier alpha value is -2.24. The van der Waals surface area contributed by atoms with Gasteiger partial charge in [-0.2, -0.15) is 0 Å². The standard InChI is InChI=1S/C18H31N5O6/c1-9(24)13(19)18(29)22-7-5-11(8-22)17(28)23-6-3-4-12(23)16(27)21-14(10(2)25)15(20)26/h9-14,24-25H,3-8,19H2,1-2H3,(H2,20,26)(H,21,27)/t9-,10-,11-,12-,13+,14+/m1/s1. The summed E-state index contributed by atoms with van der Waals surface area (Å²) in [5.41, 5.74) is 10.9. The van der Waals surface area contributed by atoms with E-state index in [0.29, 0.717) is 32.4 Å². The molecule has 0 aromatic carbocycles. The number of hydrogen-bond acceptors (Lipinski definition) is 7. The van der Waals surface area contributed by atoms with Gasteiger partial charge in [-0.05, 0) is 33.1 Å². The van der Waals surface area contributed by atoms with Crippen LogP contribution in [0.25, 0.3) is 0 Å². The molecule has 0 unspecified atom stereocenters. The molecule has 2 saturated heterocycles. The van der Waals surface area contributed by atoms with Crippen LogP contribution >= 0.6 is 0 Å². The van der Waals surface area contributed by atoms with Crippen molar-refractivity contribution in [3.8, 4) is 0 Å². The zero-order valence-electron chi connectivity index (χ0n) is 16.8. The molecule has 164 valence electrons. The quantitative estimate of drug-likeness (QED) is 0.293. The minimum absolute atomic E-state index is 0.181. The first kappa shape index (κ1) is 23.0. The van der Waals surface area contributed by atoms with Gasteiger partial charge in [0.1, 0.15) is 18.1 Å². The maximum atomic E-state index is 13.0. The maximum absolute atomic E-state index is 13.0. The molecule has 2 aliphatic heterocycles. The fraction of sp³-hybridized carbons (Fsp3) is 0.778. The third-order valence-electron chi connectivity index (χ3n) is 5.58. The lowest BCUT2D eigenvalue weighted by molar-refractivity contribution is -0.142. The molecule has 29 heavy (non-hydrogen) atoms. The van der Waals surface area contributed by atoms with E-state index in [2.05, 4.69) is 5.32 Å². The van der Waals surface area contributed by atoms with Gasteiger partial charge < -0.3 is 36.8 Å². The number of carbonyl (C=O) groups is 4. The van der Waals surface area contributed by atoms with Crippen LogP contribution < -0.4 is 16.8 Å². The summed E-state index contributed by atoms with van der Waals surface area (Å²) >= 11 is 0. The van der Waals surface area contributed by atoms with Crippen molar-refractivity contribution < 1.29 is 29.4 Å². The summed E-state index contributed by atoms with van der Waals surface area (Å²) in [6, 6.07) is -3.03. The summed E-state index contributed by atoms with van der Waals surface area (Å²) in [6.45, 7) is 3.70. The van der Waals surface area contributed by atoms with Gasteiger partial charge in [0, 0.05) is 19.6 Å². The van der Waals surface area contributed by atoms with Crippen LogP contribution in [0.5, 0.6) is 0 Å². The first-order valence-corrected chi connectivity index (χ1v) is 9.85. The molecule has 11 nitrogen and oxygen atoms in total. The van der Waals surface area contributed by atoms with Gasteiger partial charge in [0.15, 0.2) is 0 Å². The largest absolute Gasteiger partial charge is 0.391 e. The number of nitrogens with zero attached hydrogens (tertiary/aromatic N) is 2. The van der Waals surface area contributed by atoms with Crippen molar-refractivity contribution in [2.75, 3.05) is 19.6 Å². The van der Waals surface area contributed by atoms with E-state index < -0.39 is 54.0 Å². The van der Waals surface area contributed by atoms with E-state index in [1.165, 1.54) is 23.6 Å². The molecule has 11 heteroatoms. The predicted molar refractivity (Wildman–Crippen MR) is 102 cm³/mol. The number of nitrogens with two attached hydrogens (primary N) is 2. The number of aliphatic hydroxyl groups excluding tert-OH is 2. The van der Waals surface area contributed by atoms with E-state index in [9.17, 15) is 29.4 Å². The van der Waals surface area contributed by atoms with Crippen LogP contribution in [0, 0.1) is 5.92 Å². The van der Waals surface area contributed by atoms with E-state index in [1.807, 2.05) is 0 Å². The second-order valence-electron chi connectivity index (χ2n) is 7.86. The normalized spacial score (nSPS) is 26.0. The molecule has 0 radical (unpaired) electrons. The molecule has 0 bridgehead atoms. The number of primary amides is 1. The molecule has 2 aliphatic rings. The number of rotatable bonds is 7. The van der Waals surface area contributed by atoms with Gasteiger partial charge in [-0.3, -0.25) is 19.2 Å². The highest BCUT2D eigenvalue weighted by molar-refractivity contribution is 5.93. The summed E-state index contributed by atoms with van der Waals surface area (Å²) in [7, 11) is 0. The fourth-order valence-electron chi connectivity index (χ4n) is 3.80. The first-order valence-electron chi connectivity index (χ1n) is 9.85. The molecule has 0 aromatic heterocycles. The topological polar surface area (TPSA) is 179 Å². The highest BCUT2D eigenvalue weighted by Gasteiger charge is 2.41. The van der Waals surface area contributed by atoms with Crippen molar-refractivity contribution in [1.82, 2.24) is 15.1 Å². The smallest absolute Gasteiger partial charge is 0.243 e. The molecule has 0 spiro atoms. The number of nitrogens with one attached hydrogen (secondary N) is 1. The van der Waals surface area contributed by atoms with Crippen LogP contribution in [-0.4, -0.2) is 93.6 Å². The molecule has 6 atom stereocenters.